The van der Waals surface area contributed by atoms with Crippen molar-refractivity contribution in [2.75, 3.05) is 13.7 Å². The van der Waals surface area contributed by atoms with Crippen LogP contribution in [0.15, 0.2) is 30.5 Å². The number of fused-ring (bicyclic) bond motifs is 1. The molecule has 0 spiro atoms. The summed E-state index contributed by atoms with van der Waals surface area (Å²) in [5.41, 5.74) is 1.29. The minimum Gasteiger partial charge on any atom is -0.497 e. The summed E-state index contributed by atoms with van der Waals surface area (Å²) in [6.45, 7) is -0.517. The van der Waals surface area contributed by atoms with Gasteiger partial charge in [0.05, 0.1) is 37.6 Å². The molecule has 2 aliphatic heterocycles. The number of ketones is 1. The van der Waals surface area contributed by atoms with Crippen molar-refractivity contribution in [1.29, 1.82) is 0 Å². The van der Waals surface area contributed by atoms with Crippen molar-refractivity contribution >= 4 is 11.4 Å². The van der Waals surface area contributed by atoms with E-state index in [-0.39, 0.29) is 23.9 Å². The lowest BCUT2D eigenvalue weighted by Crippen LogP contribution is -2.60. The zero-order chi connectivity index (χ0) is 22.1. The number of carbonyl (C=O) groups is 1. The van der Waals surface area contributed by atoms with Gasteiger partial charge in [-0.1, -0.05) is 12.1 Å². The van der Waals surface area contributed by atoms with Gasteiger partial charge in [-0.2, -0.15) is 0 Å². The number of Topliss-reactive ketones (excluding diaryl/α,β-unsaturated/α-hetero) is 1. The quantitative estimate of drug-likeness (QED) is 0.503. The minimum atomic E-state index is -1.49. The highest BCUT2D eigenvalue weighted by Crippen LogP contribution is 2.38. The molecule has 8 unspecified atom stereocenters. The highest BCUT2D eigenvalue weighted by Gasteiger charge is 2.47. The Morgan fingerprint density at radius 1 is 1.06 bits per heavy atom. The molecule has 1 aliphatic carbocycles. The van der Waals surface area contributed by atoms with Gasteiger partial charge < -0.3 is 39.4 Å². The van der Waals surface area contributed by atoms with Gasteiger partial charge in [0.15, 0.2) is 12.1 Å². The maximum absolute atomic E-state index is 13.1. The summed E-state index contributed by atoms with van der Waals surface area (Å²) in [7, 11) is 1.58. The number of aliphatic hydroxyl groups is 4. The first-order valence-corrected chi connectivity index (χ1v) is 10.4. The van der Waals surface area contributed by atoms with Crippen LogP contribution in [0.25, 0.3) is 5.57 Å². The molecule has 8 atom stereocenters. The highest BCUT2D eigenvalue weighted by molar-refractivity contribution is 6.22. The van der Waals surface area contributed by atoms with Crippen molar-refractivity contribution in [3.8, 4) is 5.75 Å². The van der Waals surface area contributed by atoms with E-state index in [1.54, 1.807) is 19.2 Å². The summed E-state index contributed by atoms with van der Waals surface area (Å²) < 4.78 is 22.3. The predicted octanol–water partition coefficient (Wildman–Crippen LogP) is -0.0108. The third-order valence-corrected chi connectivity index (χ3v) is 6.28. The molecule has 1 aromatic rings. The normalized spacial score (nSPS) is 38.1. The van der Waals surface area contributed by atoms with Gasteiger partial charge in [-0.3, -0.25) is 4.79 Å². The number of carbonyl (C=O) groups excluding carboxylic acids is 1. The summed E-state index contributed by atoms with van der Waals surface area (Å²) in [5.74, 6) is 0.432. The van der Waals surface area contributed by atoms with E-state index >= 15 is 0 Å². The molecule has 9 nitrogen and oxygen atoms in total. The van der Waals surface area contributed by atoms with E-state index in [4.69, 9.17) is 18.9 Å². The van der Waals surface area contributed by atoms with Gasteiger partial charge in [0.2, 0.25) is 0 Å². The minimum absolute atomic E-state index is 0.0210. The number of allylic oxidation sites excluding steroid dienone is 1. The van der Waals surface area contributed by atoms with Gasteiger partial charge in [0.1, 0.15) is 36.3 Å². The first kappa shape index (κ1) is 22.2. The van der Waals surface area contributed by atoms with E-state index in [1.165, 1.54) is 6.26 Å². The van der Waals surface area contributed by atoms with Crippen molar-refractivity contribution in [2.45, 2.75) is 62.2 Å². The van der Waals surface area contributed by atoms with Crippen LogP contribution in [-0.4, -0.2) is 82.8 Å². The fourth-order valence-electron chi connectivity index (χ4n) is 4.43. The average molecular weight is 436 g/mol. The molecule has 2 heterocycles. The summed E-state index contributed by atoms with van der Waals surface area (Å²) in [6, 6.07) is 7.22. The highest BCUT2D eigenvalue weighted by atomic mass is 16.7. The number of hydrogen-bond acceptors (Lipinski definition) is 9. The first-order chi connectivity index (χ1) is 14.9. The van der Waals surface area contributed by atoms with E-state index in [9.17, 15) is 25.2 Å². The van der Waals surface area contributed by atoms with Gasteiger partial charge in [-0.25, -0.2) is 0 Å². The van der Waals surface area contributed by atoms with Crippen LogP contribution in [0.4, 0.5) is 0 Å². The molecule has 1 aromatic carbocycles. The monoisotopic (exact) mass is 436 g/mol. The Morgan fingerprint density at radius 2 is 1.81 bits per heavy atom. The zero-order valence-electron chi connectivity index (χ0n) is 17.2. The van der Waals surface area contributed by atoms with Gasteiger partial charge in [-0.05, 0) is 30.5 Å². The number of methoxy groups -OCH3 is 1. The van der Waals surface area contributed by atoms with Crippen LogP contribution in [0.2, 0.25) is 0 Å². The lowest BCUT2D eigenvalue weighted by molar-refractivity contribution is -0.314. The van der Waals surface area contributed by atoms with Crippen molar-refractivity contribution in [3.63, 3.8) is 0 Å². The van der Waals surface area contributed by atoms with E-state index < -0.39 is 37.3 Å². The van der Waals surface area contributed by atoms with E-state index in [0.717, 1.165) is 5.56 Å². The fraction of sp³-hybridized carbons (Fsp3) is 0.591. The van der Waals surface area contributed by atoms with Crippen molar-refractivity contribution < 1.29 is 44.2 Å². The average Bonchev–Trinajstić information content (AvgIpc) is 2.80. The second kappa shape index (κ2) is 9.23. The molecule has 170 valence electrons. The molecule has 3 aliphatic rings. The Morgan fingerprint density at radius 3 is 2.48 bits per heavy atom. The Balaban J connectivity index is 1.40. The molecule has 9 heteroatoms. The largest absolute Gasteiger partial charge is 0.497 e. The summed E-state index contributed by atoms with van der Waals surface area (Å²) in [5, 5.41) is 39.3. The predicted molar refractivity (Wildman–Crippen MR) is 107 cm³/mol. The molecule has 0 radical (unpaired) electrons. The van der Waals surface area contributed by atoms with Gasteiger partial charge in [-0.15, -0.1) is 0 Å². The molecule has 1 saturated carbocycles. The molecular formula is C22H28O9. The summed E-state index contributed by atoms with van der Waals surface area (Å²) in [4.78, 5) is 13.1. The van der Waals surface area contributed by atoms with Crippen LogP contribution in [0.3, 0.4) is 0 Å². The third-order valence-electron chi connectivity index (χ3n) is 6.28. The smallest absolute Gasteiger partial charge is 0.186 e. The van der Waals surface area contributed by atoms with Gasteiger partial charge in [0, 0.05) is 6.42 Å². The summed E-state index contributed by atoms with van der Waals surface area (Å²) in [6.07, 6.45) is -4.34. The Bertz CT molecular complexity index is 806. The molecule has 0 bridgehead atoms. The number of ether oxygens (including phenoxy) is 4. The van der Waals surface area contributed by atoms with Crippen LogP contribution in [0.1, 0.15) is 24.8 Å². The molecule has 1 saturated heterocycles. The standard InChI is InChI=1S/C22H28O9/c1-28-12-4-2-11(3-5-12)15-10-29-16-8-13(6-7-14(16)18(15)24)30-22-21(27)20(26)19(25)17(9-23)31-22/h2-5,10,13-14,16-17,19-23,25-27H,6-9H2,1H3. The van der Waals surface area contributed by atoms with E-state index in [2.05, 4.69) is 0 Å². The number of benzene rings is 1. The topological polar surface area (TPSA) is 135 Å². The maximum Gasteiger partial charge on any atom is 0.186 e. The number of aliphatic hydroxyl groups excluding tert-OH is 4. The first-order valence-electron chi connectivity index (χ1n) is 10.4. The molecule has 0 aromatic heterocycles. The fourth-order valence-corrected chi connectivity index (χ4v) is 4.43. The van der Waals surface area contributed by atoms with Crippen LogP contribution in [0, 0.1) is 5.92 Å². The lowest BCUT2D eigenvalue weighted by Gasteiger charge is -2.43. The van der Waals surface area contributed by atoms with Crippen LogP contribution >= 0.6 is 0 Å². The van der Waals surface area contributed by atoms with Crippen LogP contribution in [0.5, 0.6) is 5.75 Å². The molecule has 4 N–H and O–H groups in total. The van der Waals surface area contributed by atoms with Crippen molar-refractivity contribution in [1.82, 2.24) is 0 Å². The Labute approximate surface area is 179 Å². The van der Waals surface area contributed by atoms with Gasteiger partial charge in [0.25, 0.3) is 0 Å². The SMILES string of the molecule is COc1ccc(C2=COC3CC(OC4OC(CO)C(O)C(O)C4O)CCC3C2=O)cc1. The Hall–Kier alpha value is -2.01. The van der Waals surface area contributed by atoms with Crippen molar-refractivity contribution in [3.05, 3.63) is 36.1 Å². The van der Waals surface area contributed by atoms with Gasteiger partial charge >= 0.3 is 0 Å². The van der Waals surface area contributed by atoms with Crippen molar-refractivity contribution in [2.24, 2.45) is 5.92 Å². The summed E-state index contributed by atoms with van der Waals surface area (Å²) >= 11 is 0. The molecule has 4 rings (SSSR count). The van der Waals surface area contributed by atoms with Crippen LogP contribution in [-0.2, 0) is 19.0 Å². The van der Waals surface area contributed by atoms with Crippen LogP contribution < -0.4 is 4.74 Å². The second-order valence-corrected chi connectivity index (χ2v) is 8.17. The molecular weight excluding hydrogens is 408 g/mol. The van der Waals surface area contributed by atoms with E-state index in [1.807, 2.05) is 12.1 Å². The zero-order valence-corrected chi connectivity index (χ0v) is 17.2. The molecule has 2 fully saturated rings. The maximum atomic E-state index is 13.1. The molecule has 0 amide bonds. The lowest BCUT2D eigenvalue weighted by atomic mass is 9.78. The number of rotatable bonds is 5. The molecule has 31 heavy (non-hydrogen) atoms. The number of hydrogen-bond donors (Lipinski definition) is 4. The Kier molecular flexibility index (Phi) is 6.61. The second-order valence-electron chi connectivity index (χ2n) is 8.17. The third kappa shape index (κ3) is 4.34. The van der Waals surface area contributed by atoms with E-state index in [0.29, 0.717) is 30.6 Å².